The van der Waals surface area contributed by atoms with Gasteiger partial charge in [0.2, 0.25) is 0 Å². The Balaban J connectivity index is 1.92. The van der Waals surface area contributed by atoms with E-state index in [9.17, 15) is 0 Å². The molecule has 0 aliphatic heterocycles. The Kier molecular flexibility index (Phi) is 3.22. The van der Waals surface area contributed by atoms with Gasteiger partial charge in [-0.1, -0.05) is 0 Å². The van der Waals surface area contributed by atoms with E-state index in [1.54, 1.807) is 4.88 Å². The summed E-state index contributed by atoms with van der Waals surface area (Å²) in [4.78, 5) is 2.84. The lowest BCUT2D eigenvalue weighted by atomic mass is 9.98. The first-order valence-electron chi connectivity index (χ1n) is 6.68. The number of fused-ring (bicyclic) bond motifs is 1. The van der Waals surface area contributed by atoms with Crippen molar-refractivity contribution in [2.75, 3.05) is 0 Å². The third-order valence-electron chi connectivity index (χ3n) is 3.69. The average Bonchev–Trinajstić information content (AvgIpc) is 3.03. The molecule has 18 heavy (non-hydrogen) atoms. The zero-order valence-electron chi connectivity index (χ0n) is 10.7. The molecule has 0 saturated heterocycles. The number of nitrogens with zero attached hydrogens (tertiary/aromatic N) is 2. The van der Waals surface area contributed by atoms with E-state index in [1.165, 1.54) is 36.1 Å². The van der Waals surface area contributed by atoms with Gasteiger partial charge >= 0.3 is 0 Å². The maximum Gasteiger partial charge on any atom is 0.0817 e. The SMILES string of the molecule is CCn1nccc1C(N)c1cc2c(s1)CCCC2. The Morgan fingerprint density at radius 1 is 1.44 bits per heavy atom. The van der Waals surface area contributed by atoms with Crippen LogP contribution in [0, 0.1) is 0 Å². The number of aryl methyl sites for hydroxylation is 3. The topological polar surface area (TPSA) is 43.8 Å². The predicted octanol–water partition coefficient (Wildman–Crippen LogP) is 2.89. The molecule has 0 amide bonds. The van der Waals surface area contributed by atoms with Gasteiger partial charge in [-0.05, 0) is 50.3 Å². The molecule has 1 atom stereocenters. The largest absolute Gasteiger partial charge is 0.318 e. The lowest BCUT2D eigenvalue weighted by Crippen LogP contribution is -2.16. The van der Waals surface area contributed by atoms with E-state index in [-0.39, 0.29) is 6.04 Å². The fourth-order valence-corrected chi connectivity index (χ4v) is 3.96. The van der Waals surface area contributed by atoms with E-state index >= 15 is 0 Å². The molecule has 3 nitrogen and oxygen atoms in total. The van der Waals surface area contributed by atoms with Crippen LogP contribution in [-0.4, -0.2) is 9.78 Å². The van der Waals surface area contributed by atoms with Gasteiger partial charge in [0.15, 0.2) is 0 Å². The Morgan fingerprint density at radius 3 is 3.06 bits per heavy atom. The van der Waals surface area contributed by atoms with E-state index < -0.39 is 0 Å². The maximum absolute atomic E-state index is 6.40. The first kappa shape index (κ1) is 11.9. The number of thiophene rings is 1. The second-order valence-corrected chi connectivity index (χ2v) is 6.02. The molecule has 0 bridgehead atoms. The summed E-state index contributed by atoms with van der Waals surface area (Å²) in [6.07, 6.45) is 6.96. The second kappa shape index (κ2) is 4.86. The molecule has 0 fully saturated rings. The minimum absolute atomic E-state index is 0.0250. The molecule has 0 spiro atoms. The maximum atomic E-state index is 6.40. The van der Waals surface area contributed by atoms with Crippen LogP contribution in [0.5, 0.6) is 0 Å². The Labute approximate surface area is 112 Å². The van der Waals surface area contributed by atoms with E-state index in [1.807, 2.05) is 28.3 Å². The summed E-state index contributed by atoms with van der Waals surface area (Å²) >= 11 is 1.89. The van der Waals surface area contributed by atoms with Crippen molar-refractivity contribution in [2.24, 2.45) is 5.73 Å². The van der Waals surface area contributed by atoms with Gasteiger partial charge in [-0.2, -0.15) is 5.10 Å². The van der Waals surface area contributed by atoms with Gasteiger partial charge in [-0.25, -0.2) is 0 Å². The fraction of sp³-hybridized carbons (Fsp3) is 0.500. The molecule has 1 aliphatic rings. The van der Waals surface area contributed by atoms with Crippen molar-refractivity contribution >= 4 is 11.3 Å². The van der Waals surface area contributed by atoms with Gasteiger partial charge in [0.05, 0.1) is 11.7 Å². The van der Waals surface area contributed by atoms with Crippen LogP contribution in [0.25, 0.3) is 0 Å². The first-order valence-corrected chi connectivity index (χ1v) is 7.50. The van der Waals surface area contributed by atoms with Crippen molar-refractivity contribution < 1.29 is 0 Å². The van der Waals surface area contributed by atoms with Crippen molar-refractivity contribution in [1.29, 1.82) is 0 Å². The van der Waals surface area contributed by atoms with Crippen molar-refractivity contribution in [3.8, 4) is 0 Å². The van der Waals surface area contributed by atoms with Crippen LogP contribution in [0.15, 0.2) is 18.3 Å². The van der Waals surface area contributed by atoms with Crippen LogP contribution in [0.2, 0.25) is 0 Å². The molecule has 1 aliphatic carbocycles. The summed E-state index contributed by atoms with van der Waals surface area (Å²) < 4.78 is 1.99. The predicted molar refractivity (Wildman–Crippen MR) is 74.9 cm³/mol. The summed E-state index contributed by atoms with van der Waals surface area (Å²) in [6.45, 7) is 2.98. The minimum atomic E-state index is -0.0250. The van der Waals surface area contributed by atoms with Crippen molar-refractivity contribution in [2.45, 2.75) is 45.2 Å². The summed E-state index contributed by atoms with van der Waals surface area (Å²) in [5.74, 6) is 0. The zero-order valence-corrected chi connectivity index (χ0v) is 11.5. The molecule has 0 radical (unpaired) electrons. The summed E-state index contributed by atoms with van der Waals surface area (Å²) in [5, 5.41) is 4.30. The van der Waals surface area contributed by atoms with Gasteiger partial charge in [0.1, 0.15) is 0 Å². The van der Waals surface area contributed by atoms with Crippen molar-refractivity contribution in [3.63, 3.8) is 0 Å². The number of hydrogen-bond acceptors (Lipinski definition) is 3. The summed E-state index contributed by atoms with van der Waals surface area (Å²) in [6, 6.07) is 4.33. The quantitative estimate of drug-likeness (QED) is 0.923. The molecule has 3 rings (SSSR count). The van der Waals surface area contributed by atoms with Gasteiger partial charge < -0.3 is 5.73 Å². The molecular formula is C14H19N3S. The highest BCUT2D eigenvalue weighted by molar-refractivity contribution is 7.12. The van der Waals surface area contributed by atoms with E-state index in [0.717, 1.165) is 12.2 Å². The molecule has 96 valence electrons. The molecule has 2 N–H and O–H groups in total. The smallest absolute Gasteiger partial charge is 0.0817 e. The number of aromatic nitrogens is 2. The van der Waals surface area contributed by atoms with Crippen molar-refractivity contribution in [3.05, 3.63) is 39.3 Å². The third kappa shape index (κ3) is 1.99. The van der Waals surface area contributed by atoms with E-state index in [4.69, 9.17) is 5.73 Å². The Bertz CT molecular complexity index is 517. The van der Waals surface area contributed by atoms with Gasteiger partial charge in [-0.3, -0.25) is 4.68 Å². The second-order valence-electron chi connectivity index (χ2n) is 4.85. The fourth-order valence-electron chi connectivity index (χ4n) is 2.68. The van der Waals surface area contributed by atoms with E-state index in [0.29, 0.717) is 0 Å². The molecule has 2 heterocycles. The number of rotatable bonds is 3. The highest BCUT2D eigenvalue weighted by atomic mass is 32.1. The lowest BCUT2D eigenvalue weighted by Gasteiger charge is -2.11. The number of hydrogen-bond donors (Lipinski definition) is 1. The molecule has 0 saturated carbocycles. The zero-order chi connectivity index (χ0) is 12.5. The first-order chi connectivity index (χ1) is 8.79. The normalized spacial score (nSPS) is 16.6. The monoisotopic (exact) mass is 261 g/mol. The molecule has 2 aromatic rings. The van der Waals surface area contributed by atoms with Crippen LogP contribution in [-0.2, 0) is 19.4 Å². The van der Waals surface area contributed by atoms with Crippen LogP contribution in [0.3, 0.4) is 0 Å². The minimum Gasteiger partial charge on any atom is -0.318 e. The molecule has 1 unspecified atom stereocenters. The van der Waals surface area contributed by atoms with Crippen LogP contribution in [0.4, 0.5) is 0 Å². The lowest BCUT2D eigenvalue weighted by molar-refractivity contribution is 0.603. The highest BCUT2D eigenvalue weighted by Gasteiger charge is 2.19. The summed E-state index contributed by atoms with van der Waals surface area (Å²) in [5.41, 5.74) is 9.05. The average molecular weight is 261 g/mol. The highest BCUT2D eigenvalue weighted by Crippen LogP contribution is 2.34. The summed E-state index contributed by atoms with van der Waals surface area (Å²) in [7, 11) is 0. The Morgan fingerprint density at radius 2 is 2.28 bits per heavy atom. The van der Waals surface area contributed by atoms with Gasteiger partial charge in [0, 0.05) is 22.5 Å². The standard InChI is InChI=1S/C14H19N3S/c1-2-17-11(7-8-16-17)14(15)13-9-10-5-3-4-6-12(10)18-13/h7-9,14H,2-6,15H2,1H3. The van der Waals surface area contributed by atoms with E-state index in [2.05, 4.69) is 18.1 Å². The van der Waals surface area contributed by atoms with Gasteiger partial charge in [-0.15, -0.1) is 11.3 Å². The van der Waals surface area contributed by atoms with Gasteiger partial charge in [0.25, 0.3) is 0 Å². The number of nitrogens with two attached hydrogens (primary N) is 1. The van der Waals surface area contributed by atoms with Crippen LogP contribution < -0.4 is 5.73 Å². The molecule has 2 aromatic heterocycles. The van der Waals surface area contributed by atoms with Crippen LogP contribution in [0.1, 0.15) is 46.8 Å². The van der Waals surface area contributed by atoms with Crippen molar-refractivity contribution in [1.82, 2.24) is 9.78 Å². The van der Waals surface area contributed by atoms with Crippen LogP contribution >= 0.6 is 11.3 Å². The Hall–Kier alpha value is -1.13. The molecular weight excluding hydrogens is 242 g/mol. The molecule has 0 aromatic carbocycles. The molecule has 4 heteroatoms. The third-order valence-corrected chi connectivity index (χ3v) is 5.01.